The first kappa shape index (κ1) is 20.0. The molecule has 2 aromatic carbocycles. The number of piperazine rings is 1. The Hall–Kier alpha value is -3.26. The Morgan fingerprint density at radius 1 is 1.10 bits per heavy atom. The summed E-state index contributed by atoms with van der Waals surface area (Å²) in [6.07, 6.45) is 0. The van der Waals surface area contributed by atoms with Crippen molar-refractivity contribution in [3.8, 4) is 5.75 Å². The highest BCUT2D eigenvalue weighted by atomic mass is 32.1. The Morgan fingerprint density at radius 3 is 2.57 bits per heavy atom. The van der Waals surface area contributed by atoms with Gasteiger partial charge in [-0.25, -0.2) is 4.98 Å². The smallest absolute Gasteiger partial charge is 0.297 e. The van der Waals surface area contributed by atoms with Crippen molar-refractivity contribution in [2.24, 2.45) is 0 Å². The van der Waals surface area contributed by atoms with Crippen LogP contribution in [0.15, 0.2) is 48.5 Å². The Bertz CT molecular complexity index is 1110. The molecule has 0 saturated carbocycles. The number of carbonyl (C=O) groups is 3. The standard InChI is InChI=1S/C22H21N3O4S/c1-14-13-24(21(27)15-6-4-3-5-7-15)10-11-25(14)22(28)19(26)20-23-17-9-8-16(29-2)12-18(17)30-20/h3-9,12,14H,10-11,13H2,1-2H3. The van der Waals surface area contributed by atoms with Gasteiger partial charge in [-0.1, -0.05) is 18.2 Å². The number of Topliss-reactive ketones (excluding diaryl/α,β-unsaturated/α-hetero) is 1. The zero-order valence-electron chi connectivity index (χ0n) is 16.7. The molecule has 0 N–H and O–H groups in total. The minimum absolute atomic E-state index is 0.0685. The highest BCUT2D eigenvalue weighted by Crippen LogP contribution is 2.27. The van der Waals surface area contributed by atoms with Crippen molar-refractivity contribution in [3.05, 3.63) is 59.1 Å². The second-order valence-corrected chi connectivity index (χ2v) is 8.18. The summed E-state index contributed by atoms with van der Waals surface area (Å²) < 4.78 is 5.99. The van der Waals surface area contributed by atoms with E-state index >= 15 is 0 Å². The Kier molecular flexibility index (Phi) is 5.50. The molecule has 7 nitrogen and oxygen atoms in total. The van der Waals surface area contributed by atoms with Crippen LogP contribution in [0.25, 0.3) is 10.2 Å². The van der Waals surface area contributed by atoms with E-state index in [1.807, 2.05) is 25.1 Å². The van der Waals surface area contributed by atoms with E-state index in [0.29, 0.717) is 36.5 Å². The van der Waals surface area contributed by atoms with Gasteiger partial charge in [0, 0.05) is 31.2 Å². The number of amides is 2. The van der Waals surface area contributed by atoms with Crippen molar-refractivity contribution in [2.75, 3.05) is 26.7 Å². The van der Waals surface area contributed by atoms with Crippen LogP contribution in [0.2, 0.25) is 0 Å². The molecule has 30 heavy (non-hydrogen) atoms. The van der Waals surface area contributed by atoms with Crippen LogP contribution in [0.1, 0.15) is 27.1 Å². The summed E-state index contributed by atoms with van der Waals surface area (Å²) in [5.41, 5.74) is 1.27. The van der Waals surface area contributed by atoms with Gasteiger partial charge in [0.05, 0.1) is 17.3 Å². The fourth-order valence-electron chi connectivity index (χ4n) is 3.56. The lowest BCUT2D eigenvalue weighted by atomic mass is 10.1. The first-order valence-corrected chi connectivity index (χ1v) is 10.4. The summed E-state index contributed by atoms with van der Waals surface area (Å²) in [7, 11) is 1.57. The molecule has 0 radical (unpaired) electrons. The number of ether oxygens (including phenoxy) is 1. The lowest BCUT2D eigenvalue weighted by Gasteiger charge is -2.39. The molecule has 154 valence electrons. The predicted molar refractivity (Wildman–Crippen MR) is 114 cm³/mol. The third kappa shape index (κ3) is 3.78. The van der Waals surface area contributed by atoms with Gasteiger partial charge in [0.2, 0.25) is 0 Å². The van der Waals surface area contributed by atoms with Crippen LogP contribution >= 0.6 is 11.3 Å². The average Bonchev–Trinajstić information content (AvgIpc) is 3.21. The van der Waals surface area contributed by atoms with Gasteiger partial charge in [-0.2, -0.15) is 0 Å². The van der Waals surface area contributed by atoms with Gasteiger partial charge in [0.25, 0.3) is 17.6 Å². The van der Waals surface area contributed by atoms with Gasteiger partial charge in [0.15, 0.2) is 5.01 Å². The monoisotopic (exact) mass is 423 g/mol. The van der Waals surface area contributed by atoms with Crippen LogP contribution in [0.3, 0.4) is 0 Å². The number of thiazole rings is 1. The second kappa shape index (κ2) is 8.23. The van der Waals surface area contributed by atoms with E-state index < -0.39 is 11.7 Å². The molecule has 1 saturated heterocycles. The zero-order chi connectivity index (χ0) is 21.3. The van der Waals surface area contributed by atoms with Crippen LogP contribution < -0.4 is 4.74 Å². The van der Waals surface area contributed by atoms with Gasteiger partial charge in [0.1, 0.15) is 5.75 Å². The van der Waals surface area contributed by atoms with Crippen molar-refractivity contribution < 1.29 is 19.1 Å². The molecule has 0 bridgehead atoms. The lowest BCUT2D eigenvalue weighted by molar-refractivity contribution is -0.130. The fraction of sp³-hybridized carbons (Fsp3) is 0.273. The molecule has 2 amide bonds. The number of rotatable bonds is 4. The largest absolute Gasteiger partial charge is 0.497 e. The van der Waals surface area contributed by atoms with Crippen molar-refractivity contribution in [2.45, 2.75) is 13.0 Å². The van der Waals surface area contributed by atoms with Gasteiger partial charge >= 0.3 is 0 Å². The van der Waals surface area contributed by atoms with Crippen molar-refractivity contribution in [1.82, 2.24) is 14.8 Å². The summed E-state index contributed by atoms with van der Waals surface area (Å²) in [6, 6.07) is 14.1. The molecule has 2 heterocycles. The van der Waals surface area contributed by atoms with Crippen molar-refractivity contribution in [1.29, 1.82) is 0 Å². The van der Waals surface area contributed by atoms with Crippen LogP contribution in [0.5, 0.6) is 5.75 Å². The van der Waals surface area contributed by atoms with Crippen LogP contribution in [-0.2, 0) is 4.79 Å². The van der Waals surface area contributed by atoms with Crippen LogP contribution in [0.4, 0.5) is 0 Å². The highest BCUT2D eigenvalue weighted by Gasteiger charge is 2.34. The number of methoxy groups -OCH3 is 1. The van der Waals surface area contributed by atoms with Crippen molar-refractivity contribution >= 4 is 39.2 Å². The molecular formula is C22H21N3O4S. The normalized spacial score (nSPS) is 16.5. The summed E-state index contributed by atoms with van der Waals surface area (Å²) in [5.74, 6) is -0.601. The lowest BCUT2D eigenvalue weighted by Crippen LogP contribution is -2.56. The van der Waals surface area contributed by atoms with E-state index in [1.54, 1.807) is 42.3 Å². The van der Waals surface area contributed by atoms with E-state index in [9.17, 15) is 14.4 Å². The summed E-state index contributed by atoms with van der Waals surface area (Å²) in [5, 5.41) is 0.165. The van der Waals surface area contributed by atoms with E-state index in [2.05, 4.69) is 4.98 Å². The van der Waals surface area contributed by atoms with E-state index in [0.717, 1.165) is 4.70 Å². The highest BCUT2D eigenvalue weighted by molar-refractivity contribution is 7.21. The number of hydrogen-bond donors (Lipinski definition) is 0. The minimum atomic E-state index is -0.621. The number of fused-ring (bicyclic) bond motifs is 1. The molecule has 1 aliphatic rings. The number of ketones is 1. The zero-order valence-corrected chi connectivity index (χ0v) is 17.5. The Labute approximate surface area is 177 Å². The molecule has 0 spiro atoms. The molecule has 4 rings (SSSR count). The average molecular weight is 423 g/mol. The molecule has 1 atom stereocenters. The molecule has 0 aliphatic carbocycles. The third-order valence-corrected chi connectivity index (χ3v) is 6.20. The number of hydrogen-bond acceptors (Lipinski definition) is 6. The maximum atomic E-state index is 12.9. The maximum Gasteiger partial charge on any atom is 0.297 e. The topological polar surface area (TPSA) is 79.8 Å². The van der Waals surface area contributed by atoms with Gasteiger partial charge in [-0.15, -0.1) is 11.3 Å². The van der Waals surface area contributed by atoms with Gasteiger partial charge in [-0.3, -0.25) is 14.4 Å². The SMILES string of the molecule is COc1ccc2nc(C(=O)C(=O)N3CCN(C(=O)c4ccccc4)CC3C)sc2c1. The summed E-state index contributed by atoms with van der Waals surface area (Å²) >= 11 is 1.18. The summed E-state index contributed by atoms with van der Waals surface area (Å²) in [4.78, 5) is 45.9. The number of aromatic nitrogens is 1. The molecule has 1 fully saturated rings. The van der Waals surface area contributed by atoms with E-state index in [4.69, 9.17) is 4.74 Å². The molecule has 8 heteroatoms. The Morgan fingerprint density at radius 2 is 1.87 bits per heavy atom. The quantitative estimate of drug-likeness (QED) is 0.476. The number of carbonyl (C=O) groups excluding carboxylic acids is 3. The van der Waals surface area contributed by atoms with Gasteiger partial charge in [-0.05, 0) is 37.3 Å². The predicted octanol–water partition coefficient (Wildman–Crippen LogP) is 2.86. The first-order chi connectivity index (χ1) is 14.5. The molecule has 1 unspecified atom stereocenters. The van der Waals surface area contributed by atoms with E-state index in [1.165, 1.54) is 16.2 Å². The second-order valence-electron chi connectivity index (χ2n) is 7.15. The van der Waals surface area contributed by atoms with Gasteiger partial charge < -0.3 is 14.5 Å². The molecule has 3 aromatic rings. The number of benzene rings is 2. The molecular weight excluding hydrogens is 402 g/mol. The first-order valence-electron chi connectivity index (χ1n) is 9.62. The van der Waals surface area contributed by atoms with Crippen LogP contribution in [-0.4, -0.2) is 65.2 Å². The molecule has 1 aliphatic heterocycles. The Balaban J connectivity index is 1.46. The van der Waals surface area contributed by atoms with Crippen LogP contribution in [0, 0.1) is 0 Å². The minimum Gasteiger partial charge on any atom is -0.497 e. The third-order valence-electron chi connectivity index (χ3n) is 5.18. The number of nitrogens with zero attached hydrogens (tertiary/aromatic N) is 3. The maximum absolute atomic E-state index is 12.9. The van der Waals surface area contributed by atoms with Crippen molar-refractivity contribution in [3.63, 3.8) is 0 Å². The summed E-state index contributed by atoms with van der Waals surface area (Å²) in [6.45, 7) is 2.92. The van der Waals surface area contributed by atoms with E-state index in [-0.39, 0.29) is 17.0 Å². The molecule has 1 aromatic heterocycles. The fourth-order valence-corrected chi connectivity index (χ4v) is 4.48.